The quantitative estimate of drug-likeness (QED) is 0.140. The molecule has 0 fully saturated rings. The lowest BCUT2D eigenvalue weighted by Gasteiger charge is -2.18. The van der Waals surface area contributed by atoms with Gasteiger partial charge in [0.25, 0.3) is 0 Å². The van der Waals surface area contributed by atoms with Gasteiger partial charge in [0, 0.05) is 50.8 Å². The normalized spacial score (nSPS) is 14.2. The number of hydrogen-bond donors (Lipinski definition) is 5. The summed E-state index contributed by atoms with van der Waals surface area (Å²) in [5.41, 5.74) is 5.30. The van der Waals surface area contributed by atoms with E-state index in [1.807, 2.05) is 35.3 Å². The predicted molar refractivity (Wildman–Crippen MR) is 116 cm³/mol. The Hall–Kier alpha value is 1.92. The van der Waals surface area contributed by atoms with Gasteiger partial charge in [-0.25, -0.2) is 0 Å². The molecule has 0 aliphatic carbocycles. The zero-order chi connectivity index (χ0) is 15.2. The molecule has 0 aliphatic heterocycles. The lowest BCUT2D eigenvalue weighted by atomic mass is 10.5. The highest BCUT2D eigenvalue weighted by Gasteiger charge is 2.12. The van der Waals surface area contributed by atoms with Crippen LogP contribution in [0.4, 0.5) is 0 Å². The van der Waals surface area contributed by atoms with E-state index in [9.17, 15) is 0 Å². The maximum Gasteiger partial charge on any atom is 0.151 e. The molecule has 20 heavy (non-hydrogen) atoms. The van der Waals surface area contributed by atoms with Gasteiger partial charge in [0.15, 0.2) is 5.17 Å². The minimum atomic E-state index is 0.212. The van der Waals surface area contributed by atoms with Gasteiger partial charge in [-0.05, 0) is 5.75 Å². The largest absolute Gasteiger partial charge is 0.379 e. The van der Waals surface area contributed by atoms with Gasteiger partial charge in [0.2, 0.25) is 0 Å². The van der Waals surface area contributed by atoms with Crippen molar-refractivity contribution in [1.82, 2.24) is 0 Å². The van der Waals surface area contributed by atoms with Gasteiger partial charge in [-0.3, -0.25) is 5.41 Å². The topological polar surface area (TPSA) is 49.9 Å². The van der Waals surface area contributed by atoms with Crippen LogP contribution in [0.2, 0.25) is 0 Å². The Balaban J connectivity index is 3.71. The first-order valence-electron chi connectivity index (χ1n) is 6.24. The third kappa shape index (κ3) is 13.6. The van der Waals surface area contributed by atoms with Crippen LogP contribution < -0.4 is 5.73 Å². The highest BCUT2D eigenvalue weighted by molar-refractivity contribution is 8.14. The van der Waals surface area contributed by atoms with Gasteiger partial charge in [-0.15, -0.1) is 0 Å². The molecule has 0 saturated heterocycles. The van der Waals surface area contributed by atoms with E-state index in [0.29, 0.717) is 10.5 Å². The van der Waals surface area contributed by atoms with Crippen LogP contribution in [0.1, 0.15) is 0 Å². The molecular weight excluding hydrogens is 385 g/mol. The van der Waals surface area contributed by atoms with Crippen LogP contribution in [0.3, 0.4) is 0 Å². The second-order valence-electron chi connectivity index (χ2n) is 3.82. The zero-order valence-electron chi connectivity index (χ0n) is 11.4. The van der Waals surface area contributed by atoms with Gasteiger partial charge in [0.05, 0.1) is 0 Å². The summed E-state index contributed by atoms with van der Waals surface area (Å²) in [6.07, 6.45) is 0. The van der Waals surface area contributed by atoms with Gasteiger partial charge < -0.3 is 5.73 Å². The monoisotopic (exact) mass is 408 g/mol. The fraction of sp³-hybridized carbons (Fsp3) is 0.909. The Kier molecular flexibility index (Phi) is 17.3. The average molecular weight is 409 g/mol. The zero-order valence-corrected chi connectivity index (χ0v) is 17.3. The molecule has 0 heterocycles. The molecule has 2 unspecified atom stereocenters. The second kappa shape index (κ2) is 15.8. The Morgan fingerprint density at radius 2 is 1.60 bits per heavy atom. The van der Waals surface area contributed by atoms with E-state index in [0.717, 1.165) is 46.0 Å². The number of hydrogen-bond acceptors (Lipinski definition) is 8. The van der Waals surface area contributed by atoms with Crippen molar-refractivity contribution in [2.24, 2.45) is 5.73 Å². The third-order valence-electron chi connectivity index (χ3n) is 2.16. The molecule has 0 aromatic carbocycles. The van der Waals surface area contributed by atoms with Gasteiger partial charge >= 0.3 is 0 Å². The Labute approximate surface area is 156 Å². The van der Waals surface area contributed by atoms with Crippen molar-refractivity contribution in [3.05, 3.63) is 0 Å². The molecule has 0 saturated carbocycles. The van der Waals surface area contributed by atoms with E-state index in [1.54, 1.807) is 0 Å². The molecule has 3 N–H and O–H groups in total. The van der Waals surface area contributed by atoms with Crippen molar-refractivity contribution < 1.29 is 0 Å². The predicted octanol–water partition coefficient (Wildman–Crippen LogP) is 3.34. The first kappa shape index (κ1) is 21.9. The van der Waals surface area contributed by atoms with E-state index >= 15 is 0 Å². The second-order valence-corrected chi connectivity index (χ2v) is 10.0. The number of nitrogens with one attached hydrogen (secondary N) is 1. The van der Waals surface area contributed by atoms with Gasteiger partial charge in [-0.1, -0.05) is 11.8 Å². The number of nitrogens with two attached hydrogens (primary N) is 1. The summed E-state index contributed by atoms with van der Waals surface area (Å²) in [6.45, 7) is 0. The Morgan fingerprint density at radius 3 is 2.15 bits per heavy atom. The van der Waals surface area contributed by atoms with Crippen molar-refractivity contribution in [3.8, 4) is 0 Å². The molecule has 0 aromatic rings. The molecule has 9 heteroatoms. The first-order valence-corrected chi connectivity index (χ1v) is 12.4. The van der Waals surface area contributed by atoms with Crippen LogP contribution in [0.5, 0.6) is 0 Å². The highest BCUT2D eigenvalue weighted by atomic mass is 32.2. The lowest BCUT2D eigenvalue weighted by molar-refractivity contribution is 1.11. The number of amidine groups is 1. The molecule has 0 amide bonds. The van der Waals surface area contributed by atoms with Crippen LogP contribution in [-0.2, 0) is 0 Å². The molecule has 2 nitrogen and oxygen atoms in total. The van der Waals surface area contributed by atoms with Crippen LogP contribution in [-0.4, -0.2) is 61.7 Å². The maximum atomic E-state index is 7.14. The maximum absolute atomic E-state index is 7.14. The van der Waals surface area contributed by atoms with E-state index in [4.69, 9.17) is 11.1 Å². The Bertz CT molecular complexity index is 243. The molecule has 2 atom stereocenters. The van der Waals surface area contributed by atoms with Crippen molar-refractivity contribution in [2.75, 3.05) is 46.0 Å². The molecular formula is C11H24N2S7. The van der Waals surface area contributed by atoms with Crippen LogP contribution in [0, 0.1) is 5.41 Å². The number of thiol groups is 3. The summed E-state index contributed by atoms with van der Waals surface area (Å²) in [7, 11) is 0. The highest BCUT2D eigenvalue weighted by Crippen LogP contribution is 2.24. The molecule has 0 radical (unpaired) electrons. The standard InChI is InChI=1S/C11H24N2S7/c12-11(13)19-4-3-17-7-9(5-15)20-8-10(6-16)18-2-1-14/h9-10,14-16H,1-8H2,(H3,12,13). The molecule has 120 valence electrons. The van der Waals surface area contributed by atoms with Crippen LogP contribution in [0.25, 0.3) is 0 Å². The third-order valence-corrected chi connectivity index (χ3v) is 9.24. The minimum absolute atomic E-state index is 0.212. The summed E-state index contributed by atoms with van der Waals surface area (Å²) in [6, 6.07) is 0. The molecule has 0 bridgehead atoms. The summed E-state index contributed by atoms with van der Waals surface area (Å²) >= 11 is 20.4. The van der Waals surface area contributed by atoms with Crippen molar-refractivity contribution in [3.63, 3.8) is 0 Å². The summed E-state index contributed by atoms with van der Waals surface area (Å²) in [5, 5.41) is 8.55. The van der Waals surface area contributed by atoms with E-state index in [1.165, 1.54) is 11.8 Å². The number of rotatable bonds is 13. The van der Waals surface area contributed by atoms with Crippen molar-refractivity contribution in [1.29, 1.82) is 5.41 Å². The summed E-state index contributed by atoms with van der Waals surface area (Å²) < 4.78 is 0. The smallest absolute Gasteiger partial charge is 0.151 e. The van der Waals surface area contributed by atoms with Crippen LogP contribution in [0.15, 0.2) is 0 Å². The Morgan fingerprint density at radius 1 is 0.950 bits per heavy atom. The van der Waals surface area contributed by atoms with E-state index in [2.05, 4.69) is 37.9 Å². The van der Waals surface area contributed by atoms with Crippen molar-refractivity contribution in [2.45, 2.75) is 10.5 Å². The summed E-state index contributed by atoms with van der Waals surface area (Å²) in [4.78, 5) is 0. The first-order chi connectivity index (χ1) is 9.63. The van der Waals surface area contributed by atoms with E-state index in [-0.39, 0.29) is 5.17 Å². The molecule has 0 spiro atoms. The fourth-order valence-electron chi connectivity index (χ4n) is 1.20. The lowest BCUT2D eigenvalue weighted by Crippen LogP contribution is -2.16. The molecule has 0 aliphatic rings. The summed E-state index contributed by atoms with van der Waals surface area (Å²) in [5.74, 6) is 8.07. The minimum Gasteiger partial charge on any atom is -0.379 e. The molecule has 0 rings (SSSR count). The van der Waals surface area contributed by atoms with Gasteiger partial charge in [-0.2, -0.15) is 73.2 Å². The fourth-order valence-corrected chi connectivity index (χ4v) is 6.87. The van der Waals surface area contributed by atoms with E-state index < -0.39 is 0 Å². The number of thioether (sulfide) groups is 4. The van der Waals surface area contributed by atoms with Gasteiger partial charge in [0.1, 0.15) is 0 Å². The van der Waals surface area contributed by atoms with Crippen molar-refractivity contribution >= 4 is 90.1 Å². The SMILES string of the molecule is N=C(N)SCCSCC(CS)SCC(CS)SCCS. The average Bonchev–Trinajstić information content (AvgIpc) is 2.44. The molecule has 0 aromatic heterocycles. The van der Waals surface area contributed by atoms with Crippen LogP contribution >= 0.6 is 84.9 Å².